The Morgan fingerprint density at radius 3 is 2.65 bits per heavy atom. The Morgan fingerprint density at radius 1 is 1.35 bits per heavy atom. The summed E-state index contributed by atoms with van der Waals surface area (Å²) < 4.78 is 4.81. The average Bonchev–Trinajstić information content (AvgIpc) is 2.80. The number of nitrogens with one attached hydrogen (secondary N) is 2. The van der Waals surface area contributed by atoms with Crippen molar-refractivity contribution >= 4 is 12.0 Å². The summed E-state index contributed by atoms with van der Waals surface area (Å²) >= 11 is 0. The zero-order valence-corrected chi connectivity index (χ0v) is 11.7. The maximum Gasteiger partial charge on any atom is 0.314 e. The van der Waals surface area contributed by atoms with E-state index >= 15 is 0 Å². The van der Waals surface area contributed by atoms with Crippen molar-refractivity contribution in [1.82, 2.24) is 20.8 Å². The van der Waals surface area contributed by atoms with Gasteiger partial charge in [-0.25, -0.2) is 4.79 Å². The van der Waals surface area contributed by atoms with Crippen LogP contribution in [0.4, 0.5) is 4.79 Å². The molecule has 0 fully saturated rings. The normalized spacial score (nSPS) is 11.9. The van der Waals surface area contributed by atoms with Gasteiger partial charge in [-0.15, -0.1) is 0 Å². The summed E-state index contributed by atoms with van der Waals surface area (Å²) in [5.74, 6) is -0.152. The Labute approximate surface area is 116 Å². The highest BCUT2D eigenvalue weighted by molar-refractivity contribution is 5.73. The summed E-state index contributed by atoms with van der Waals surface area (Å²) in [5.41, 5.74) is 0. The molecule has 1 aromatic rings. The van der Waals surface area contributed by atoms with Gasteiger partial charge in [0.15, 0.2) is 5.82 Å². The largest absolute Gasteiger partial charge is 0.481 e. The van der Waals surface area contributed by atoms with Crippen LogP contribution in [0.15, 0.2) is 4.52 Å². The maximum absolute atomic E-state index is 11.4. The van der Waals surface area contributed by atoms with E-state index in [1.165, 1.54) is 0 Å². The summed E-state index contributed by atoms with van der Waals surface area (Å²) in [7, 11) is 0. The van der Waals surface area contributed by atoms with Crippen LogP contribution in [0.25, 0.3) is 0 Å². The quantitative estimate of drug-likeness (QED) is 0.605. The first kappa shape index (κ1) is 15.9. The van der Waals surface area contributed by atoms with Gasteiger partial charge in [-0.3, -0.25) is 4.79 Å². The Morgan fingerprint density at radius 2 is 2.05 bits per heavy atom. The van der Waals surface area contributed by atoms with Gasteiger partial charge >= 0.3 is 12.0 Å². The van der Waals surface area contributed by atoms with E-state index < -0.39 is 5.97 Å². The number of urea groups is 1. The van der Waals surface area contributed by atoms with E-state index in [0.717, 1.165) is 0 Å². The van der Waals surface area contributed by atoms with Gasteiger partial charge in [-0.2, -0.15) is 4.98 Å². The number of hydrogen-bond donors (Lipinski definition) is 3. The van der Waals surface area contributed by atoms with Gasteiger partial charge in [0.1, 0.15) is 0 Å². The number of nitrogens with zero attached hydrogens (tertiary/aromatic N) is 2. The van der Waals surface area contributed by atoms with Gasteiger partial charge in [0.25, 0.3) is 0 Å². The third-order valence-corrected chi connectivity index (χ3v) is 2.72. The highest BCUT2D eigenvalue weighted by Gasteiger charge is 2.10. The highest BCUT2D eigenvalue weighted by Crippen LogP contribution is 2.03. The number of amides is 2. The Kier molecular flexibility index (Phi) is 6.48. The molecule has 0 aliphatic heterocycles. The van der Waals surface area contributed by atoms with Crippen molar-refractivity contribution in [1.29, 1.82) is 0 Å². The Balaban J connectivity index is 2.04. The zero-order chi connectivity index (χ0) is 15.0. The second-order valence-electron chi connectivity index (χ2n) is 4.54. The standard InChI is InChI=1S/C12H20N4O4/c1-8(11(17)18)4-3-6-13-12(19)14-7-5-10-15-9(2)20-16-10/h8H,3-7H2,1-2H3,(H,17,18)(H2,13,14,19). The predicted octanol–water partition coefficient (Wildman–Crippen LogP) is 0.721. The van der Waals surface area contributed by atoms with Crippen molar-refractivity contribution in [2.45, 2.75) is 33.1 Å². The van der Waals surface area contributed by atoms with Crippen LogP contribution in [-0.2, 0) is 11.2 Å². The van der Waals surface area contributed by atoms with Gasteiger partial charge in [0.2, 0.25) is 5.89 Å². The van der Waals surface area contributed by atoms with Crippen LogP contribution in [0.2, 0.25) is 0 Å². The molecule has 8 nitrogen and oxygen atoms in total. The van der Waals surface area contributed by atoms with E-state index in [1.54, 1.807) is 13.8 Å². The van der Waals surface area contributed by atoms with Crippen molar-refractivity contribution in [3.05, 3.63) is 11.7 Å². The summed E-state index contributed by atoms with van der Waals surface area (Å²) in [5, 5.41) is 17.7. The van der Waals surface area contributed by atoms with Crippen LogP contribution < -0.4 is 10.6 Å². The molecule has 0 saturated heterocycles. The molecule has 0 aromatic carbocycles. The second kappa shape index (κ2) is 8.13. The highest BCUT2D eigenvalue weighted by atomic mass is 16.5. The average molecular weight is 284 g/mol. The van der Waals surface area contributed by atoms with Crippen molar-refractivity contribution in [2.24, 2.45) is 5.92 Å². The molecule has 0 bridgehead atoms. The minimum atomic E-state index is -0.815. The van der Waals surface area contributed by atoms with Crippen molar-refractivity contribution in [2.75, 3.05) is 13.1 Å². The minimum Gasteiger partial charge on any atom is -0.481 e. The number of aryl methyl sites for hydroxylation is 1. The first-order chi connectivity index (χ1) is 9.49. The van der Waals surface area contributed by atoms with Crippen LogP contribution in [0.1, 0.15) is 31.5 Å². The lowest BCUT2D eigenvalue weighted by Crippen LogP contribution is -2.37. The molecule has 1 aromatic heterocycles. The predicted molar refractivity (Wildman–Crippen MR) is 70.2 cm³/mol. The number of carbonyl (C=O) groups excluding carboxylic acids is 1. The van der Waals surface area contributed by atoms with E-state index in [0.29, 0.717) is 44.1 Å². The maximum atomic E-state index is 11.4. The molecular weight excluding hydrogens is 264 g/mol. The van der Waals surface area contributed by atoms with Crippen LogP contribution in [-0.4, -0.2) is 40.3 Å². The third kappa shape index (κ3) is 6.17. The second-order valence-corrected chi connectivity index (χ2v) is 4.54. The molecule has 1 unspecified atom stereocenters. The first-order valence-corrected chi connectivity index (χ1v) is 6.52. The van der Waals surface area contributed by atoms with E-state index in [-0.39, 0.29) is 11.9 Å². The van der Waals surface area contributed by atoms with Crippen LogP contribution in [0.5, 0.6) is 0 Å². The smallest absolute Gasteiger partial charge is 0.314 e. The lowest BCUT2D eigenvalue weighted by Gasteiger charge is -2.08. The number of hydrogen-bond acceptors (Lipinski definition) is 5. The van der Waals surface area contributed by atoms with Gasteiger partial charge in [0, 0.05) is 26.4 Å². The van der Waals surface area contributed by atoms with Crippen LogP contribution >= 0.6 is 0 Å². The third-order valence-electron chi connectivity index (χ3n) is 2.72. The number of aliphatic carboxylic acids is 1. The molecule has 1 heterocycles. The molecule has 8 heteroatoms. The van der Waals surface area contributed by atoms with Crippen LogP contribution in [0.3, 0.4) is 0 Å². The molecule has 20 heavy (non-hydrogen) atoms. The Hall–Kier alpha value is -2.12. The topological polar surface area (TPSA) is 117 Å². The molecule has 3 N–H and O–H groups in total. The molecule has 0 aliphatic rings. The van der Waals surface area contributed by atoms with E-state index in [4.69, 9.17) is 9.63 Å². The lowest BCUT2D eigenvalue weighted by molar-refractivity contribution is -0.141. The number of carboxylic acid groups (broad SMARTS) is 1. The summed E-state index contributed by atoms with van der Waals surface area (Å²) in [6.45, 7) is 4.21. The summed E-state index contributed by atoms with van der Waals surface area (Å²) in [6, 6.07) is -0.284. The van der Waals surface area contributed by atoms with Crippen molar-refractivity contribution in [3.63, 3.8) is 0 Å². The monoisotopic (exact) mass is 284 g/mol. The van der Waals surface area contributed by atoms with Crippen LogP contribution in [0, 0.1) is 12.8 Å². The minimum absolute atomic E-state index is 0.284. The molecule has 0 saturated carbocycles. The SMILES string of the molecule is Cc1nc(CCNC(=O)NCCCC(C)C(=O)O)no1. The summed E-state index contributed by atoms with van der Waals surface area (Å²) in [4.78, 5) is 26.0. The fraction of sp³-hybridized carbons (Fsp3) is 0.667. The van der Waals surface area contributed by atoms with E-state index in [9.17, 15) is 9.59 Å². The fourth-order valence-electron chi connectivity index (χ4n) is 1.53. The number of aromatic nitrogens is 2. The number of rotatable bonds is 8. The molecule has 2 amide bonds. The Bertz CT molecular complexity index is 446. The van der Waals surface area contributed by atoms with Gasteiger partial charge in [-0.1, -0.05) is 12.1 Å². The van der Waals surface area contributed by atoms with E-state index in [2.05, 4.69) is 20.8 Å². The molecule has 112 valence electrons. The zero-order valence-electron chi connectivity index (χ0n) is 11.7. The molecule has 1 atom stereocenters. The molecular formula is C12H20N4O4. The number of carboxylic acids is 1. The van der Waals surface area contributed by atoms with Crippen molar-refractivity contribution in [3.8, 4) is 0 Å². The molecule has 1 rings (SSSR count). The molecule has 0 spiro atoms. The van der Waals surface area contributed by atoms with Gasteiger partial charge in [0.05, 0.1) is 5.92 Å². The fourth-order valence-corrected chi connectivity index (χ4v) is 1.53. The first-order valence-electron chi connectivity index (χ1n) is 6.52. The van der Waals surface area contributed by atoms with Gasteiger partial charge in [-0.05, 0) is 12.8 Å². The lowest BCUT2D eigenvalue weighted by atomic mass is 10.1. The van der Waals surface area contributed by atoms with E-state index in [1.807, 2.05) is 0 Å². The molecule has 0 radical (unpaired) electrons. The van der Waals surface area contributed by atoms with Crippen molar-refractivity contribution < 1.29 is 19.2 Å². The molecule has 0 aliphatic carbocycles. The number of carbonyl (C=O) groups is 2. The van der Waals surface area contributed by atoms with Gasteiger partial charge < -0.3 is 20.3 Å². The summed E-state index contributed by atoms with van der Waals surface area (Å²) in [6.07, 6.45) is 1.67.